The van der Waals surface area contributed by atoms with Crippen LogP contribution < -0.4 is 5.73 Å². The minimum absolute atomic E-state index is 0.0510. The lowest BCUT2D eigenvalue weighted by molar-refractivity contribution is -0.161. The Hall–Kier alpha value is -1.77. The molecule has 9 nitrogen and oxygen atoms in total. The highest BCUT2D eigenvalue weighted by Gasteiger charge is 2.26. The Bertz CT molecular complexity index is 1260. The van der Waals surface area contributed by atoms with Gasteiger partial charge in [-0.25, -0.2) is 4.57 Å². The lowest BCUT2D eigenvalue weighted by Gasteiger charge is -2.19. The Balaban J connectivity index is 3.77. The zero-order valence-corrected chi connectivity index (χ0v) is 47.6. The highest BCUT2D eigenvalue weighted by Crippen LogP contribution is 2.43. The fourth-order valence-corrected chi connectivity index (χ4v) is 9.83. The Morgan fingerprint density at radius 2 is 0.775 bits per heavy atom. The van der Waals surface area contributed by atoms with Crippen molar-refractivity contribution in [3.8, 4) is 0 Å². The summed E-state index contributed by atoms with van der Waals surface area (Å²) >= 11 is 0. The molecule has 2 atom stereocenters. The van der Waals surface area contributed by atoms with Crippen molar-refractivity contribution in [3.05, 3.63) is 36.5 Å². The van der Waals surface area contributed by atoms with E-state index in [0.717, 1.165) is 70.6 Å². The first-order valence-electron chi connectivity index (χ1n) is 30.5. The molecule has 0 bridgehead atoms. The van der Waals surface area contributed by atoms with Crippen LogP contribution in [-0.4, -0.2) is 49.3 Å². The van der Waals surface area contributed by atoms with Gasteiger partial charge in [0.2, 0.25) is 0 Å². The van der Waals surface area contributed by atoms with Gasteiger partial charge in [0, 0.05) is 19.4 Å². The third-order valence-electron chi connectivity index (χ3n) is 13.5. The maximum atomic E-state index is 12.6. The summed E-state index contributed by atoms with van der Waals surface area (Å²) < 4.78 is 33.0. The number of phosphoric ester groups is 1. The first-order valence-corrected chi connectivity index (χ1v) is 32.0. The number of esters is 2. The van der Waals surface area contributed by atoms with Crippen molar-refractivity contribution in [1.82, 2.24) is 0 Å². The monoisotopic (exact) mass is 1020 g/mol. The molecule has 0 fully saturated rings. The van der Waals surface area contributed by atoms with Gasteiger partial charge in [-0.2, -0.15) is 0 Å². The molecular formula is C61H116NO8P. The van der Waals surface area contributed by atoms with Crippen LogP contribution in [-0.2, 0) is 32.7 Å². The zero-order valence-electron chi connectivity index (χ0n) is 46.7. The molecule has 0 amide bonds. The van der Waals surface area contributed by atoms with Crippen LogP contribution in [0.1, 0.15) is 309 Å². The van der Waals surface area contributed by atoms with E-state index in [-0.39, 0.29) is 38.6 Å². The molecule has 0 aliphatic heterocycles. The third-order valence-corrected chi connectivity index (χ3v) is 14.5. The fourth-order valence-electron chi connectivity index (χ4n) is 9.07. The molecule has 0 aromatic rings. The van der Waals surface area contributed by atoms with Gasteiger partial charge in [-0.15, -0.1) is 0 Å². The van der Waals surface area contributed by atoms with Gasteiger partial charge >= 0.3 is 19.8 Å². The molecule has 0 saturated carbocycles. The Kier molecular flexibility index (Phi) is 56.1. The smallest absolute Gasteiger partial charge is 0.462 e. The summed E-state index contributed by atoms with van der Waals surface area (Å²) in [6, 6.07) is 0. The van der Waals surface area contributed by atoms with E-state index in [4.69, 9.17) is 24.3 Å². The van der Waals surface area contributed by atoms with Crippen molar-refractivity contribution in [2.45, 2.75) is 315 Å². The second-order valence-corrected chi connectivity index (χ2v) is 22.0. The van der Waals surface area contributed by atoms with E-state index >= 15 is 0 Å². The summed E-state index contributed by atoms with van der Waals surface area (Å²) in [5.74, 6) is -0.835. The first kappa shape index (κ1) is 69.2. The van der Waals surface area contributed by atoms with Crippen LogP contribution in [0, 0.1) is 0 Å². The molecule has 0 aromatic carbocycles. The van der Waals surface area contributed by atoms with Crippen molar-refractivity contribution < 1.29 is 37.6 Å². The molecule has 2 unspecified atom stereocenters. The predicted octanol–water partition coefficient (Wildman–Crippen LogP) is 19.2. The summed E-state index contributed by atoms with van der Waals surface area (Å²) in [5.41, 5.74) is 5.37. The maximum absolute atomic E-state index is 12.6. The van der Waals surface area contributed by atoms with Gasteiger partial charge in [-0.1, -0.05) is 288 Å². The number of hydrogen-bond acceptors (Lipinski definition) is 8. The summed E-state index contributed by atoms with van der Waals surface area (Å²) in [5, 5.41) is 0. The highest BCUT2D eigenvalue weighted by atomic mass is 31.2. The number of hydrogen-bond donors (Lipinski definition) is 2. The SMILES string of the molecule is CC/C=C\C/C=C\C/C=C\CCCCCCCC(=O)OC(COC(=O)CCCCCCCCCCCCCCCCCCCCCCCCCCCCCCCCCCCCC)COP(=O)(O)OCCN. The van der Waals surface area contributed by atoms with Crippen LogP contribution in [0.2, 0.25) is 0 Å². The average molecular weight is 1020 g/mol. The summed E-state index contributed by atoms with van der Waals surface area (Å²) in [6.45, 7) is 3.65. The molecule has 0 heterocycles. The molecule has 3 N–H and O–H groups in total. The first-order chi connectivity index (χ1) is 34.8. The summed E-state index contributed by atoms with van der Waals surface area (Å²) in [4.78, 5) is 35.1. The number of rotatable bonds is 58. The Labute approximate surface area is 439 Å². The normalized spacial score (nSPS) is 13.2. The predicted molar refractivity (Wildman–Crippen MR) is 303 cm³/mol. The van der Waals surface area contributed by atoms with Gasteiger partial charge in [0.1, 0.15) is 6.61 Å². The number of ether oxygens (including phenoxy) is 2. The van der Waals surface area contributed by atoms with Crippen molar-refractivity contribution in [2.75, 3.05) is 26.4 Å². The van der Waals surface area contributed by atoms with Crippen molar-refractivity contribution in [1.29, 1.82) is 0 Å². The average Bonchev–Trinajstić information content (AvgIpc) is 3.36. The standard InChI is InChI=1S/C61H116NO8P/c1-3-5-7-9-11-13-15-17-19-20-21-22-23-24-25-26-27-28-29-30-31-32-33-34-35-36-37-38-40-41-43-45-47-49-51-53-60(63)67-57-59(58-69-71(65,66)68-56-55-62)70-61(64)54-52-50-48-46-44-42-39-18-16-14-12-10-8-6-4-2/h6,8,12,14,18,39,59H,3-5,7,9-11,13,15-17,19-38,40-58,62H2,1-2H3,(H,65,66)/b8-6-,14-12-,39-18-. The van der Waals surface area contributed by atoms with Crippen LogP contribution in [0.5, 0.6) is 0 Å². The van der Waals surface area contributed by atoms with Gasteiger partial charge in [0.15, 0.2) is 6.10 Å². The van der Waals surface area contributed by atoms with Crippen LogP contribution in [0.25, 0.3) is 0 Å². The highest BCUT2D eigenvalue weighted by molar-refractivity contribution is 7.47. The molecule has 0 aliphatic carbocycles. The summed E-state index contributed by atoms with van der Waals surface area (Å²) in [6.07, 6.45) is 69.6. The minimum Gasteiger partial charge on any atom is -0.462 e. The number of nitrogens with two attached hydrogens (primary N) is 1. The fraction of sp³-hybridized carbons (Fsp3) is 0.869. The number of carbonyl (C=O) groups excluding carboxylic acids is 2. The van der Waals surface area contributed by atoms with Crippen LogP contribution in [0.15, 0.2) is 36.5 Å². The van der Waals surface area contributed by atoms with Gasteiger partial charge < -0.3 is 20.1 Å². The quantitative estimate of drug-likeness (QED) is 0.0264. The number of unbranched alkanes of at least 4 members (excludes halogenated alkanes) is 39. The van der Waals surface area contributed by atoms with Crippen molar-refractivity contribution in [3.63, 3.8) is 0 Å². The van der Waals surface area contributed by atoms with Crippen molar-refractivity contribution in [2.24, 2.45) is 5.73 Å². The molecule has 0 saturated heterocycles. The molecule has 0 aliphatic rings. The van der Waals surface area contributed by atoms with Crippen LogP contribution >= 0.6 is 7.82 Å². The minimum atomic E-state index is -4.39. The van der Waals surface area contributed by atoms with Gasteiger partial charge in [-0.3, -0.25) is 18.6 Å². The topological polar surface area (TPSA) is 134 Å². The van der Waals surface area contributed by atoms with Gasteiger partial charge in [0.05, 0.1) is 13.2 Å². The van der Waals surface area contributed by atoms with Crippen LogP contribution in [0.4, 0.5) is 0 Å². The van der Waals surface area contributed by atoms with E-state index in [2.05, 4.69) is 50.3 Å². The van der Waals surface area contributed by atoms with Crippen LogP contribution in [0.3, 0.4) is 0 Å². The molecule has 71 heavy (non-hydrogen) atoms. The number of allylic oxidation sites excluding steroid dienone is 6. The summed E-state index contributed by atoms with van der Waals surface area (Å²) in [7, 11) is -4.39. The molecule has 0 spiro atoms. The van der Waals surface area contributed by atoms with E-state index in [9.17, 15) is 19.0 Å². The largest absolute Gasteiger partial charge is 0.472 e. The van der Waals surface area contributed by atoms with Gasteiger partial charge in [0.25, 0.3) is 0 Å². The van der Waals surface area contributed by atoms with E-state index in [1.807, 2.05) is 0 Å². The molecule has 10 heteroatoms. The van der Waals surface area contributed by atoms with E-state index in [1.165, 1.54) is 205 Å². The van der Waals surface area contributed by atoms with E-state index in [1.54, 1.807) is 0 Å². The van der Waals surface area contributed by atoms with Gasteiger partial charge in [-0.05, 0) is 44.9 Å². The molecule has 0 radical (unpaired) electrons. The maximum Gasteiger partial charge on any atom is 0.472 e. The van der Waals surface area contributed by atoms with E-state index < -0.39 is 26.5 Å². The molecule has 418 valence electrons. The lowest BCUT2D eigenvalue weighted by Crippen LogP contribution is -2.29. The molecular weight excluding hydrogens is 906 g/mol. The lowest BCUT2D eigenvalue weighted by atomic mass is 10.0. The number of phosphoric acid groups is 1. The molecule has 0 aromatic heterocycles. The van der Waals surface area contributed by atoms with Crippen molar-refractivity contribution >= 4 is 19.8 Å². The molecule has 0 rings (SSSR count). The number of carbonyl (C=O) groups is 2. The Morgan fingerprint density at radius 3 is 1.15 bits per heavy atom. The second-order valence-electron chi connectivity index (χ2n) is 20.6. The van der Waals surface area contributed by atoms with E-state index in [0.29, 0.717) is 6.42 Å². The Morgan fingerprint density at radius 1 is 0.437 bits per heavy atom. The second kappa shape index (κ2) is 57.5. The zero-order chi connectivity index (χ0) is 51.7. The third kappa shape index (κ3) is 57.4.